The summed E-state index contributed by atoms with van der Waals surface area (Å²) in [5.74, 6) is 0.249. The maximum absolute atomic E-state index is 9.76. The van der Waals surface area contributed by atoms with Crippen molar-refractivity contribution in [2.24, 2.45) is 5.92 Å². The minimum Gasteiger partial charge on any atom is -0.396 e. The molecule has 3 rings (SSSR count). The van der Waals surface area contributed by atoms with E-state index in [9.17, 15) is 5.11 Å². The van der Waals surface area contributed by atoms with Crippen LogP contribution in [0.5, 0.6) is 0 Å². The monoisotopic (exact) mass is 335 g/mol. The lowest BCUT2D eigenvalue weighted by Gasteiger charge is -2.29. The highest BCUT2D eigenvalue weighted by atomic mass is 31.2. The summed E-state index contributed by atoms with van der Waals surface area (Å²) in [6.07, 6.45) is 0.974. The van der Waals surface area contributed by atoms with E-state index in [0.29, 0.717) is 0 Å². The fourth-order valence-electron chi connectivity index (χ4n) is 3.34. The summed E-state index contributed by atoms with van der Waals surface area (Å²) < 4.78 is 0. The quantitative estimate of drug-likeness (QED) is 0.682. The third kappa shape index (κ3) is 3.29. The van der Waals surface area contributed by atoms with E-state index in [-0.39, 0.29) is 12.5 Å². The average Bonchev–Trinajstić information content (AvgIpc) is 2.68. The van der Waals surface area contributed by atoms with Crippen molar-refractivity contribution in [3.05, 3.63) is 91.0 Å². The maximum Gasteiger partial charge on any atom is 0.112 e. The van der Waals surface area contributed by atoms with Gasteiger partial charge in [0.1, 0.15) is 23.2 Å². The number of rotatable bonds is 6. The molecule has 24 heavy (non-hydrogen) atoms. The molecule has 1 nitrogen and oxygen atoms in total. The highest BCUT2D eigenvalue weighted by Crippen LogP contribution is 2.56. The molecule has 3 aromatic rings. The van der Waals surface area contributed by atoms with Crippen molar-refractivity contribution in [1.82, 2.24) is 0 Å². The van der Waals surface area contributed by atoms with Gasteiger partial charge in [-0.05, 0) is 36.4 Å². The number of aliphatic hydroxyl groups is 1. The Morgan fingerprint density at radius 3 is 1.29 bits per heavy atom. The topological polar surface area (TPSA) is 20.2 Å². The first-order valence-electron chi connectivity index (χ1n) is 8.43. The van der Waals surface area contributed by atoms with E-state index in [0.717, 1.165) is 6.16 Å². The predicted molar refractivity (Wildman–Crippen MR) is 106 cm³/mol. The Morgan fingerprint density at radius 1 is 0.667 bits per heavy atom. The molecule has 0 amide bonds. The van der Waals surface area contributed by atoms with Crippen LogP contribution >= 0.6 is 7.26 Å². The maximum atomic E-state index is 9.76. The normalized spacial score (nSPS) is 12.8. The van der Waals surface area contributed by atoms with Gasteiger partial charge in [-0.3, -0.25) is 0 Å². The van der Waals surface area contributed by atoms with Gasteiger partial charge in [0.05, 0.1) is 6.16 Å². The van der Waals surface area contributed by atoms with Crippen molar-refractivity contribution in [3.63, 3.8) is 0 Å². The lowest BCUT2D eigenvalue weighted by Crippen LogP contribution is -2.35. The largest absolute Gasteiger partial charge is 0.396 e. The van der Waals surface area contributed by atoms with Crippen molar-refractivity contribution >= 4 is 23.2 Å². The third-order valence-corrected chi connectivity index (χ3v) is 9.20. The smallest absolute Gasteiger partial charge is 0.112 e. The molecule has 0 aliphatic rings. The molecular formula is C22H24OP+. The van der Waals surface area contributed by atoms with Gasteiger partial charge in [-0.1, -0.05) is 61.5 Å². The van der Waals surface area contributed by atoms with Crippen LogP contribution < -0.4 is 15.9 Å². The molecule has 0 aliphatic carbocycles. The minimum atomic E-state index is -1.79. The van der Waals surface area contributed by atoms with E-state index in [1.54, 1.807) is 0 Å². The van der Waals surface area contributed by atoms with Crippen LogP contribution in [0.15, 0.2) is 91.0 Å². The van der Waals surface area contributed by atoms with E-state index < -0.39 is 7.26 Å². The Hall–Kier alpha value is -1.95. The van der Waals surface area contributed by atoms with Crippen LogP contribution in [0.4, 0.5) is 0 Å². The second kappa shape index (κ2) is 7.75. The zero-order valence-corrected chi connectivity index (χ0v) is 14.9. The van der Waals surface area contributed by atoms with Gasteiger partial charge in [-0.25, -0.2) is 0 Å². The van der Waals surface area contributed by atoms with Crippen molar-refractivity contribution in [2.45, 2.75) is 6.92 Å². The van der Waals surface area contributed by atoms with Gasteiger partial charge < -0.3 is 5.11 Å². The van der Waals surface area contributed by atoms with Crippen LogP contribution in [-0.4, -0.2) is 17.9 Å². The summed E-state index contributed by atoms with van der Waals surface area (Å²) in [7, 11) is -1.79. The van der Waals surface area contributed by atoms with Crippen LogP contribution in [0.1, 0.15) is 6.92 Å². The van der Waals surface area contributed by atoms with E-state index in [4.69, 9.17) is 0 Å². The first kappa shape index (κ1) is 16.9. The van der Waals surface area contributed by atoms with E-state index in [1.165, 1.54) is 15.9 Å². The second-order valence-electron chi connectivity index (χ2n) is 6.29. The molecule has 122 valence electrons. The lowest BCUT2D eigenvalue weighted by atomic mass is 10.2. The second-order valence-corrected chi connectivity index (χ2v) is 9.82. The summed E-state index contributed by atoms with van der Waals surface area (Å²) in [6, 6.07) is 32.5. The molecule has 0 aromatic heterocycles. The Morgan fingerprint density at radius 2 is 1.00 bits per heavy atom. The molecule has 0 unspecified atom stereocenters. The van der Waals surface area contributed by atoms with E-state index in [2.05, 4.69) is 97.9 Å². The van der Waals surface area contributed by atoms with E-state index >= 15 is 0 Å². The molecule has 1 N–H and O–H groups in total. The number of benzene rings is 3. The standard InChI is InChI=1S/C22H24OP/c1-19(17-23)18-24(20-11-5-2-6-12-20,21-13-7-3-8-14-21)22-15-9-4-10-16-22/h2-16,19,23H,17-18H2,1H3/q+1/t19-/m1/s1. The molecule has 0 spiro atoms. The number of hydrogen-bond acceptors (Lipinski definition) is 1. The van der Waals surface area contributed by atoms with Gasteiger partial charge >= 0.3 is 0 Å². The molecule has 0 fully saturated rings. The average molecular weight is 335 g/mol. The SMILES string of the molecule is C[C@H](CO)C[P+](c1ccccc1)(c1ccccc1)c1ccccc1. The van der Waals surface area contributed by atoms with Gasteiger partial charge in [0.25, 0.3) is 0 Å². The van der Waals surface area contributed by atoms with Gasteiger partial charge in [-0.15, -0.1) is 0 Å². The minimum absolute atomic E-state index is 0.217. The van der Waals surface area contributed by atoms with Gasteiger partial charge in [0, 0.05) is 12.5 Å². The van der Waals surface area contributed by atoms with Crippen molar-refractivity contribution in [1.29, 1.82) is 0 Å². The molecular weight excluding hydrogens is 311 g/mol. The van der Waals surface area contributed by atoms with Crippen LogP contribution in [-0.2, 0) is 0 Å². The van der Waals surface area contributed by atoms with Crippen LogP contribution in [0.2, 0.25) is 0 Å². The molecule has 0 saturated heterocycles. The number of aliphatic hydroxyl groups excluding tert-OH is 1. The van der Waals surface area contributed by atoms with Gasteiger partial charge in [-0.2, -0.15) is 0 Å². The molecule has 0 saturated carbocycles. The Kier molecular flexibility index (Phi) is 5.45. The molecule has 0 bridgehead atoms. The van der Waals surface area contributed by atoms with E-state index in [1.807, 2.05) is 0 Å². The highest BCUT2D eigenvalue weighted by Gasteiger charge is 2.45. The zero-order valence-electron chi connectivity index (χ0n) is 14.0. The van der Waals surface area contributed by atoms with Gasteiger partial charge in [0.2, 0.25) is 0 Å². The molecule has 1 atom stereocenters. The summed E-state index contributed by atoms with van der Waals surface area (Å²) in [6.45, 7) is 2.36. The van der Waals surface area contributed by atoms with Crippen molar-refractivity contribution in [3.8, 4) is 0 Å². The lowest BCUT2D eigenvalue weighted by molar-refractivity contribution is 0.250. The molecule has 0 radical (unpaired) electrons. The Bertz CT molecular complexity index is 644. The van der Waals surface area contributed by atoms with Crippen molar-refractivity contribution < 1.29 is 5.11 Å². The third-order valence-electron chi connectivity index (χ3n) is 4.49. The van der Waals surface area contributed by atoms with Crippen LogP contribution in [0.25, 0.3) is 0 Å². The molecule has 0 heterocycles. The fourth-order valence-corrected chi connectivity index (χ4v) is 7.96. The Balaban J connectivity index is 2.28. The summed E-state index contributed by atoms with van der Waals surface area (Å²) in [5, 5.41) is 13.9. The Labute approximate surface area is 145 Å². The van der Waals surface area contributed by atoms with Crippen LogP contribution in [0.3, 0.4) is 0 Å². The number of hydrogen-bond donors (Lipinski definition) is 1. The molecule has 2 heteroatoms. The first-order chi connectivity index (χ1) is 11.8. The first-order valence-corrected chi connectivity index (χ1v) is 10.4. The summed E-state index contributed by atoms with van der Waals surface area (Å²) in [5.41, 5.74) is 0. The summed E-state index contributed by atoms with van der Waals surface area (Å²) in [4.78, 5) is 0. The molecule has 3 aromatic carbocycles. The summed E-state index contributed by atoms with van der Waals surface area (Å²) >= 11 is 0. The predicted octanol–water partition coefficient (Wildman–Crippen LogP) is 3.61. The highest BCUT2D eigenvalue weighted by molar-refractivity contribution is 7.95. The van der Waals surface area contributed by atoms with Gasteiger partial charge in [0.15, 0.2) is 0 Å². The molecule has 0 aliphatic heterocycles. The van der Waals surface area contributed by atoms with Crippen molar-refractivity contribution in [2.75, 3.05) is 12.8 Å². The zero-order chi connectivity index (χ0) is 16.8. The fraction of sp³-hybridized carbons (Fsp3) is 0.182. The van der Waals surface area contributed by atoms with Crippen LogP contribution in [0, 0.1) is 5.92 Å².